The third-order valence-electron chi connectivity index (χ3n) is 2.38. The molecule has 0 aromatic rings. The molecule has 1 saturated carbocycles. The summed E-state index contributed by atoms with van der Waals surface area (Å²) in [5.41, 5.74) is -1.07. The second-order valence-corrected chi connectivity index (χ2v) is 3.35. The number of carboxylic acids is 1. The highest BCUT2D eigenvalue weighted by molar-refractivity contribution is 5.78. The van der Waals surface area contributed by atoms with Crippen LogP contribution in [-0.2, 0) is 4.79 Å². The van der Waals surface area contributed by atoms with Gasteiger partial charge in [0.05, 0.1) is 6.07 Å². The largest absolute Gasteiger partial charge is 0.480 e. The molecule has 2 atom stereocenters. The van der Waals surface area contributed by atoms with Gasteiger partial charge in [-0.15, -0.1) is 0 Å². The van der Waals surface area contributed by atoms with Crippen LogP contribution in [0.4, 0.5) is 0 Å². The molecule has 1 aliphatic rings. The zero-order valence-electron chi connectivity index (χ0n) is 6.50. The lowest BCUT2D eigenvalue weighted by Crippen LogP contribution is -2.25. The molecule has 3 heteroatoms. The Bertz CT molecular complexity index is 219. The Morgan fingerprint density at radius 3 is 2.64 bits per heavy atom. The van der Waals surface area contributed by atoms with E-state index in [0.717, 1.165) is 6.42 Å². The number of hydrogen-bond donors (Lipinski definition) is 1. The molecule has 0 amide bonds. The van der Waals surface area contributed by atoms with Gasteiger partial charge in [0.25, 0.3) is 0 Å². The van der Waals surface area contributed by atoms with Crippen molar-refractivity contribution in [2.24, 2.45) is 11.3 Å². The summed E-state index contributed by atoms with van der Waals surface area (Å²) in [6, 6.07) is 1.91. The van der Waals surface area contributed by atoms with Gasteiger partial charge >= 0.3 is 5.97 Å². The van der Waals surface area contributed by atoms with E-state index >= 15 is 0 Å². The van der Waals surface area contributed by atoms with Crippen LogP contribution in [0.5, 0.6) is 0 Å². The van der Waals surface area contributed by atoms with Gasteiger partial charge in [0, 0.05) is 0 Å². The van der Waals surface area contributed by atoms with Crippen molar-refractivity contribution in [1.29, 1.82) is 5.26 Å². The maximum atomic E-state index is 10.7. The molecule has 1 N–H and O–H groups in total. The van der Waals surface area contributed by atoms with Gasteiger partial charge in [-0.3, -0.25) is 4.79 Å². The fraction of sp³-hybridized carbons (Fsp3) is 0.750. The summed E-state index contributed by atoms with van der Waals surface area (Å²) >= 11 is 0. The van der Waals surface area contributed by atoms with Crippen molar-refractivity contribution in [2.45, 2.75) is 26.2 Å². The van der Waals surface area contributed by atoms with Crippen LogP contribution >= 0.6 is 0 Å². The number of carbonyl (C=O) groups is 1. The van der Waals surface area contributed by atoms with Crippen molar-refractivity contribution in [3.05, 3.63) is 0 Å². The molecule has 0 aliphatic heterocycles. The van der Waals surface area contributed by atoms with Crippen LogP contribution < -0.4 is 0 Å². The summed E-state index contributed by atoms with van der Waals surface area (Å²) in [5, 5.41) is 17.4. The topological polar surface area (TPSA) is 61.1 Å². The zero-order valence-corrected chi connectivity index (χ0v) is 6.50. The molecule has 0 bridgehead atoms. The number of hydrogen-bond acceptors (Lipinski definition) is 2. The second-order valence-electron chi connectivity index (χ2n) is 3.35. The molecule has 0 spiro atoms. The first kappa shape index (κ1) is 8.06. The highest BCUT2D eigenvalue weighted by Gasteiger charge is 2.44. The van der Waals surface area contributed by atoms with Gasteiger partial charge in [0.15, 0.2) is 5.41 Å². The fourth-order valence-electron chi connectivity index (χ4n) is 1.64. The maximum Gasteiger partial charge on any atom is 0.324 e. The van der Waals surface area contributed by atoms with Gasteiger partial charge in [0.2, 0.25) is 0 Å². The molecule has 0 saturated heterocycles. The quantitative estimate of drug-likeness (QED) is 0.619. The lowest BCUT2D eigenvalue weighted by atomic mass is 9.87. The molecule has 0 aromatic heterocycles. The van der Waals surface area contributed by atoms with E-state index in [1.54, 1.807) is 0 Å². The molecule has 1 rings (SSSR count). The first-order chi connectivity index (χ1) is 5.10. The molecule has 2 unspecified atom stereocenters. The number of rotatable bonds is 1. The van der Waals surface area contributed by atoms with E-state index in [2.05, 4.69) is 0 Å². The molecule has 0 heterocycles. The predicted molar refractivity (Wildman–Crippen MR) is 38.7 cm³/mol. The molecular formula is C8H11NO2. The van der Waals surface area contributed by atoms with E-state index in [1.807, 2.05) is 13.0 Å². The number of nitriles is 1. The lowest BCUT2D eigenvalue weighted by molar-refractivity contribution is -0.145. The standard InChI is InChI=1S/C8H11NO2/c1-6-2-3-8(4-6,5-9)7(10)11/h6H,2-4H2,1H3,(H,10,11). The molecule has 11 heavy (non-hydrogen) atoms. The molecule has 3 nitrogen and oxygen atoms in total. The van der Waals surface area contributed by atoms with E-state index in [1.165, 1.54) is 0 Å². The molecule has 1 aliphatic carbocycles. The van der Waals surface area contributed by atoms with Crippen LogP contribution in [0.3, 0.4) is 0 Å². The second kappa shape index (κ2) is 2.54. The van der Waals surface area contributed by atoms with Gasteiger partial charge < -0.3 is 5.11 Å². The van der Waals surface area contributed by atoms with Crippen LogP contribution in [0, 0.1) is 22.7 Å². The Morgan fingerprint density at radius 2 is 2.45 bits per heavy atom. The van der Waals surface area contributed by atoms with E-state index in [0.29, 0.717) is 18.8 Å². The van der Waals surface area contributed by atoms with Crippen LogP contribution in [0.15, 0.2) is 0 Å². The van der Waals surface area contributed by atoms with Crippen LogP contribution in [0.2, 0.25) is 0 Å². The van der Waals surface area contributed by atoms with E-state index in [-0.39, 0.29) is 0 Å². The minimum Gasteiger partial charge on any atom is -0.480 e. The third kappa shape index (κ3) is 1.21. The van der Waals surface area contributed by atoms with E-state index in [4.69, 9.17) is 10.4 Å². The average molecular weight is 153 g/mol. The molecule has 0 aromatic carbocycles. The van der Waals surface area contributed by atoms with Crippen LogP contribution in [-0.4, -0.2) is 11.1 Å². The summed E-state index contributed by atoms with van der Waals surface area (Å²) in [6.07, 6.45) is 1.89. The predicted octanol–water partition coefficient (Wildman–Crippen LogP) is 1.40. The average Bonchev–Trinajstić information content (AvgIpc) is 2.33. The van der Waals surface area contributed by atoms with Crippen molar-refractivity contribution >= 4 is 5.97 Å². The smallest absolute Gasteiger partial charge is 0.324 e. The minimum absolute atomic E-state index is 0.380. The Balaban J connectivity index is 2.81. The maximum absolute atomic E-state index is 10.7. The van der Waals surface area contributed by atoms with Crippen LogP contribution in [0.1, 0.15) is 26.2 Å². The summed E-state index contributed by atoms with van der Waals surface area (Å²) in [5.74, 6) is -0.574. The van der Waals surface area contributed by atoms with Crippen molar-refractivity contribution in [3.8, 4) is 6.07 Å². The SMILES string of the molecule is CC1CCC(C#N)(C(=O)O)C1. The minimum atomic E-state index is -1.07. The Kier molecular flexibility index (Phi) is 1.86. The molecule has 60 valence electrons. The van der Waals surface area contributed by atoms with Gasteiger partial charge in [-0.05, 0) is 25.2 Å². The number of aliphatic carboxylic acids is 1. The van der Waals surface area contributed by atoms with Crippen molar-refractivity contribution in [2.75, 3.05) is 0 Å². The number of nitrogens with zero attached hydrogens (tertiary/aromatic N) is 1. The lowest BCUT2D eigenvalue weighted by Gasteiger charge is -2.13. The summed E-state index contributed by atoms with van der Waals surface area (Å²) in [6.45, 7) is 1.99. The van der Waals surface area contributed by atoms with E-state index < -0.39 is 11.4 Å². The van der Waals surface area contributed by atoms with Crippen molar-refractivity contribution in [3.63, 3.8) is 0 Å². The molecule has 0 radical (unpaired) electrons. The zero-order chi connectivity index (χ0) is 8.48. The summed E-state index contributed by atoms with van der Waals surface area (Å²) in [7, 11) is 0. The van der Waals surface area contributed by atoms with Crippen molar-refractivity contribution in [1.82, 2.24) is 0 Å². The van der Waals surface area contributed by atoms with Crippen LogP contribution in [0.25, 0.3) is 0 Å². The normalized spacial score (nSPS) is 36.5. The Labute approximate surface area is 65.6 Å². The Morgan fingerprint density at radius 1 is 1.82 bits per heavy atom. The van der Waals surface area contributed by atoms with Gasteiger partial charge in [-0.1, -0.05) is 6.92 Å². The highest BCUT2D eigenvalue weighted by Crippen LogP contribution is 2.41. The molecular weight excluding hydrogens is 142 g/mol. The van der Waals surface area contributed by atoms with E-state index in [9.17, 15) is 4.79 Å². The van der Waals surface area contributed by atoms with Gasteiger partial charge in [0.1, 0.15) is 0 Å². The first-order valence-electron chi connectivity index (χ1n) is 3.75. The van der Waals surface area contributed by atoms with Crippen molar-refractivity contribution < 1.29 is 9.90 Å². The van der Waals surface area contributed by atoms with Gasteiger partial charge in [-0.2, -0.15) is 5.26 Å². The molecule has 1 fully saturated rings. The Hall–Kier alpha value is -1.04. The summed E-state index contributed by atoms with van der Waals surface area (Å²) < 4.78 is 0. The summed E-state index contributed by atoms with van der Waals surface area (Å²) in [4.78, 5) is 10.7. The van der Waals surface area contributed by atoms with Gasteiger partial charge in [-0.25, -0.2) is 0 Å². The first-order valence-corrected chi connectivity index (χ1v) is 3.75. The monoisotopic (exact) mass is 153 g/mol. The number of carboxylic acid groups (broad SMARTS) is 1. The third-order valence-corrected chi connectivity index (χ3v) is 2.38. The fourth-order valence-corrected chi connectivity index (χ4v) is 1.64. The highest BCUT2D eigenvalue weighted by atomic mass is 16.4.